The summed E-state index contributed by atoms with van der Waals surface area (Å²) >= 11 is 1.70. The molecule has 0 radical (unpaired) electrons. The maximum absolute atomic E-state index is 5.32. The highest BCUT2D eigenvalue weighted by Gasteiger charge is 2.10. The van der Waals surface area contributed by atoms with E-state index in [0.29, 0.717) is 0 Å². The molecule has 2 aromatic heterocycles. The van der Waals surface area contributed by atoms with E-state index in [2.05, 4.69) is 17.2 Å². The molecule has 2 aromatic rings. The van der Waals surface area contributed by atoms with Crippen LogP contribution in [-0.2, 0) is 6.54 Å². The first-order valence-electron chi connectivity index (χ1n) is 4.46. The number of aromatic nitrogens is 1. The third kappa shape index (κ3) is 1.71. The van der Waals surface area contributed by atoms with Crippen LogP contribution in [0.3, 0.4) is 0 Å². The SMILES string of the molecule is CNCc1nc(-c2ccco2)c(C)s1. The van der Waals surface area contributed by atoms with Crippen molar-refractivity contribution in [3.8, 4) is 11.5 Å². The minimum absolute atomic E-state index is 0.812. The molecule has 0 saturated heterocycles. The van der Waals surface area contributed by atoms with Crippen molar-refractivity contribution in [2.24, 2.45) is 0 Å². The maximum atomic E-state index is 5.32. The molecule has 4 heteroatoms. The fourth-order valence-electron chi connectivity index (χ4n) is 1.32. The zero-order chi connectivity index (χ0) is 9.97. The Bertz CT molecular complexity index is 406. The van der Waals surface area contributed by atoms with Crippen LogP contribution < -0.4 is 5.32 Å². The Morgan fingerprint density at radius 2 is 2.43 bits per heavy atom. The summed E-state index contributed by atoms with van der Waals surface area (Å²) < 4.78 is 5.32. The summed E-state index contributed by atoms with van der Waals surface area (Å²) in [5, 5.41) is 4.18. The molecule has 1 N–H and O–H groups in total. The Morgan fingerprint density at radius 1 is 1.57 bits per heavy atom. The normalized spacial score (nSPS) is 10.7. The summed E-state index contributed by atoms with van der Waals surface area (Å²) in [6.45, 7) is 2.88. The van der Waals surface area contributed by atoms with E-state index in [0.717, 1.165) is 23.0 Å². The van der Waals surface area contributed by atoms with Gasteiger partial charge in [-0.2, -0.15) is 0 Å². The maximum Gasteiger partial charge on any atom is 0.153 e. The molecule has 0 fully saturated rings. The first-order valence-corrected chi connectivity index (χ1v) is 5.27. The van der Waals surface area contributed by atoms with Gasteiger partial charge in [-0.15, -0.1) is 11.3 Å². The monoisotopic (exact) mass is 208 g/mol. The molecular formula is C10H12N2OS. The smallest absolute Gasteiger partial charge is 0.153 e. The van der Waals surface area contributed by atoms with Gasteiger partial charge in [0.05, 0.1) is 6.26 Å². The summed E-state index contributed by atoms with van der Waals surface area (Å²) in [4.78, 5) is 5.70. The number of thiazole rings is 1. The fraction of sp³-hybridized carbons (Fsp3) is 0.300. The molecule has 0 aliphatic carbocycles. The van der Waals surface area contributed by atoms with E-state index >= 15 is 0 Å². The molecule has 0 amide bonds. The molecular weight excluding hydrogens is 196 g/mol. The molecule has 0 saturated carbocycles. The first-order chi connectivity index (χ1) is 6.81. The number of nitrogens with one attached hydrogen (secondary N) is 1. The highest BCUT2D eigenvalue weighted by Crippen LogP contribution is 2.27. The fourth-order valence-corrected chi connectivity index (χ4v) is 2.27. The van der Waals surface area contributed by atoms with Crippen LogP contribution in [0.4, 0.5) is 0 Å². The minimum atomic E-state index is 0.812. The summed E-state index contributed by atoms with van der Waals surface area (Å²) in [7, 11) is 1.92. The van der Waals surface area contributed by atoms with Crippen LogP contribution >= 0.6 is 11.3 Å². The summed E-state index contributed by atoms with van der Waals surface area (Å²) in [5.74, 6) is 0.848. The van der Waals surface area contributed by atoms with Crippen LogP contribution in [0.1, 0.15) is 9.88 Å². The third-order valence-corrected chi connectivity index (χ3v) is 2.89. The Kier molecular flexibility index (Phi) is 2.65. The van der Waals surface area contributed by atoms with Crippen molar-refractivity contribution in [2.45, 2.75) is 13.5 Å². The zero-order valence-corrected chi connectivity index (χ0v) is 9.02. The standard InChI is InChI=1S/C10H12N2OS/c1-7-10(8-4-3-5-13-8)12-9(14-7)6-11-2/h3-5,11H,6H2,1-2H3. The topological polar surface area (TPSA) is 38.1 Å². The van der Waals surface area contributed by atoms with Crippen molar-refractivity contribution in [3.63, 3.8) is 0 Å². The van der Waals surface area contributed by atoms with Gasteiger partial charge in [-0.25, -0.2) is 4.98 Å². The van der Waals surface area contributed by atoms with Crippen molar-refractivity contribution in [2.75, 3.05) is 7.05 Å². The van der Waals surface area contributed by atoms with Gasteiger partial charge in [-0.3, -0.25) is 0 Å². The van der Waals surface area contributed by atoms with Gasteiger partial charge < -0.3 is 9.73 Å². The van der Waals surface area contributed by atoms with E-state index < -0.39 is 0 Å². The predicted octanol–water partition coefficient (Wildman–Crippen LogP) is 2.43. The van der Waals surface area contributed by atoms with Gasteiger partial charge in [0, 0.05) is 11.4 Å². The van der Waals surface area contributed by atoms with E-state index in [9.17, 15) is 0 Å². The Balaban J connectivity index is 2.35. The van der Waals surface area contributed by atoms with Gasteiger partial charge in [0.25, 0.3) is 0 Å². The lowest BCUT2D eigenvalue weighted by Crippen LogP contribution is -2.04. The van der Waals surface area contributed by atoms with Gasteiger partial charge in [0.2, 0.25) is 0 Å². The van der Waals surface area contributed by atoms with Gasteiger partial charge in [0.1, 0.15) is 10.7 Å². The molecule has 14 heavy (non-hydrogen) atoms. The number of furan rings is 1. The van der Waals surface area contributed by atoms with Crippen molar-refractivity contribution in [1.29, 1.82) is 0 Å². The van der Waals surface area contributed by atoms with Crippen LogP contribution in [0.5, 0.6) is 0 Å². The Morgan fingerprint density at radius 3 is 3.07 bits per heavy atom. The quantitative estimate of drug-likeness (QED) is 0.841. The predicted molar refractivity (Wildman–Crippen MR) is 57.3 cm³/mol. The van der Waals surface area contributed by atoms with Crippen molar-refractivity contribution in [3.05, 3.63) is 28.3 Å². The van der Waals surface area contributed by atoms with Gasteiger partial charge in [-0.05, 0) is 26.1 Å². The molecule has 3 nitrogen and oxygen atoms in total. The van der Waals surface area contributed by atoms with Gasteiger partial charge >= 0.3 is 0 Å². The zero-order valence-electron chi connectivity index (χ0n) is 8.20. The lowest BCUT2D eigenvalue weighted by Gasteiger charge is -1.91. The molecule has 0 aliphatic rings. The van der Waals surface area contributed by atoms with Crippen LogP contribution in [0, 0.1) is 6.92 Å². The van der Waals surface area contributed by atoms with Crippen LogP contribution in [0.15, 0.2) is 22.8 Å². The number of hydrogen-bond acceptors (Lipinski definition) is 4. The van der Waals surface area contributed by atoms with Crippen LogP contribution in [0.25, 0.3) is 11.5 Å². The third-order valence-electron chi connectivity index (χ3n) is 1.92. The lowest BCUT2D eigenvalue weighted by atomic mass is 10.3. The second kappa shape index (κ2) is 3.94. The van der Waals surface area contributed by atoms with Crippen LogP contribution in [-0.4, -0.2) is 12.0 Å². The van der Waals surface area contributed by atoms with Gasteiger partial charge in [0.15, 0.2) is 5.76 Å². The number of rotatable bonds is 3. The number of nitrogens with zero attached hydrogens (tertiary/aromatic N) is 1. The van der Waals surface area contributed by atoms with E-state index in [1.54, 1.807) is 17.6 Å². The lowest BCUT2D eigenvalue weighted by molar-refractivity contribution is 0.579. The molecule has 0 aromatic carbocycles. The first kappa shape index (κ1) is 9.43. The van der Waals surface area contributed by atoms with Crippen LogP contribution in [0.2, 0.25) is 0 Å². The summed E-state index contributed by atoms with van der Waals surface area (Å²) in [5.41, 5.74) is 0.963. The van der Waals surface area contributed by atoms with Crippen molar-refractivity contribution < 1.29 is 4.42 Å². The summed E-state index contributed by atoms with van der Waals surface area (Å²) in [6.07, 6.45) is 1.67. The van der Waals surface area contributed by atoms with E-state index in [1.165, 1.54) is 4.88 Å². The largest absolute Gasteiger partial charge is 0.463 e. The number of aryl methyl sites for hydroxylation is 1. The molecule has 0 unspecified atom stereocenters. The van der Waals surface area contributed by atoms with Gasteiger partial charge in [-0.1, -0.05) is 0 Å². The Hall–Kier alpha value is -1.13. The molecule has 74 valence electrons. The highest BCUT2D eigenvalue weighted by atomic mass is 32.1. The van der Waals surface area contributed by atoms with E-state index in [4.69, 9.17) is 4.42 Å². The second-order valence-corrected chi connectivity index (χ2v) is 4.31. The van der Waals surface area contributed by atoms with Crippen molar-refractivity contribution >= 4 is 11.3 Å². The molecule has 0 bridgehead atoms. The molecule has 0 aliphatic heterocycles. The molecule has 0 spiro atoms. The average molecular weight is 208 g/mol. The molecule has 0 atom stereocenters. The Labute approximate surface area is 86.8 Å². The van der Waals surface area contributed by atoms with E-state index in [-0.39, 0.29) is 0 Å². The summed E-state index contributed by atoms with van der Waals surface area (Å²) in [6, 6.07) is 3.82. The number of hydrogen-bond donors (Lipinski definition) is 1. The van der Waals surface area contributed by atoms with Crippen molar-refractivity contribution in [1.82, 2.24) is 10.3 Å². The second-order valence-electron chi connectivity index (χ2n) is 3.02. The highest BCUT2D eigenvalue weighted by molar-refractivity contribution is 7.12. The molecule has 2 heterocycles. The minimum Gasteiger partial charge on any atom is -0.463 e. The molecule has 2 rings (SSSR count). The van der Waals surface area contributed by atoms with E-state index in [1.807, 2.05) is 19.2 Å². The average Bonchev–Trinajstić information content (AvgIpc) is 2.74.